The van der Waals surface area contributed by atoms with Gasteiger partial charge in [0.2, 0.25) is 5.75 Å². The Morgan fingerprint density at radius 1 is 1.31 bits per heavy atom. The van der Waals surface area contributed by atoms with Gasteiger partial charge in [-0.3, -0.25) is 9.20 Å². The number of rotatable bonds is 3. The molecule has 1 atom stereocenters. The zero-order valence-corrected chi connectivity index (χ0v) is 17.0. The van der Waals surface area contributed by atoms with E-state index < -0.39 is 11.5 Å². The number of ether oxygens (including phenoxy) is 2. The number of pyridine rings is 2. The van der Waals surface area contributed by atoms with Crippen molar-refractivity contribution < 1.29 is 19.4 Å². The Labute approximate surface area is 167 Å². The van der Waals surface area contributed by atoms with E-state index in [1.165, 1.54) is 6.07 Å². The molecule has 3 heterocycles. The van der Waals surface area contributed by atoms with E-state index in [0.29, 0.717) is 35.0 Å². The molecule has 1 aliphatic rings. The number of aromatic nitrogens is 3. The lowest BCUT2D eigenvalue weighted by atomic mass is 9.70. The maximum Gasteiger partial charge on any atom is 0.341 e. The Hall–Kier alpha value is -3.29. The molecule has 0 bridgehead atoms. The summed E-state index contributed by atoms with van der Waals surface area (Å²) < 4.78 is 12.9. The lowest BCUT2D eigenvalue weighted by Crippen LogP contribution is -2.29. The molecule has 0 fully saturated rings. The highest BCUT2D eigenvalue weighted by Gasteiger charge is 2.37. The summed E-state index contributed by atoms with van der Waals surface area (Å²) in [5.41, 5.74) is 2.43. The molecule has 1 aliphatic carbocycles. The fourth-order valence-electron chi connectivity index (χ4n) is 4.11. The first-order valence-corrected chi connectivity index (χ1v) is 9.30. The minimum Gasteiger partial charge on any atom is -0.493 e. The number of hydrogen-bond acceptors (Lipinski definition) is 5. The first-order valence-electron chi connectivity index (χ1n) is 9.30. The summed E-state index contributed by atoms with van der Waals surface area (Å²) in [4.78, 5) is 31.5. The average molecular weight is 397 g/mol. The molecule has 3 aromatic heterocycles. The van der Waals surface area contributed by atoms with E-state index in [4.69, 9.17) is 14.5 Å². The van der Waals surface area contributed by atoms with Gasteiger partial charge in [-0.25, -0.2) is 9.78 Å². The van der Waals surface area contributed by atoms with Gasteiger partial charge in [-0.1, -0.05) is 20.8 Å². The third kappa shape index (κ3) is 2.78. The van der Waals surface area contributed by atoms with Crippen molar-refractivity contribution in [1.29, 1.82) is 0 Å². The van der Waals surface area contributed by atoms with Crippen LogP contribution in [0.2, 0.25) is 0 Å². The van der Waals surface area contributed by atoms with Crippen molar-refractivity contribution in [2.45, 2.75) is 33.1 Å². The summed E-state index contributed by atoms with van der Waals surface area (Å²) in [6.45, 7) is 6.31. The quantitative estimate of drug-likeness (QED) is 0.703. The number of carbonyl (C=O) groups is 1. The molecule has 0 aliphatic heterocycles. The predicted molar refractivity (Wildman–Crippen MR) is 107 cm³/mol. The second-order valence-corrected chi connectivity index (χ2v) is 8.29. The second kappa shape index (κ2) is 6.37. The van der Waals surface area contributed by atoms with Gasteiger partial charge < -0.3 is 19.6 Å². The highest BCUT2D eigenvalue weighted by atomic mass is 16.5. The molecule has 0 aromatic carbocycles. The smallest absolute Gasteiger partial charge is 0.341 e. The molecule has 0 spiro atoms. The van der Waals surface area contributed by atoms with Crippen LogP contribution in [-0.2, 0) is 6.42 Å². The van der Waals surface area contributed by atoms with Crippen molar-refractivity contribution >= 4 is 11.6 Å². The fraction of sp³-hybridized carbons (Fsp3) is 0.381. The Morgan fingerprint density at radius 2 is 2.03 bits per heavy atom. The van der Waals surface area contributed by atoms with Crippen molar-refractivity contribution in [3.63, 3.8) is 0 Å². The topological polar surface area (TPSA) is 106 Å². The third-order valence-electron chi connectivity index (χ3n) is 5.59. The number of aromatic amines is 1. The van der Waals surface area contributed by atoms with Crippen molar-refractivity contribution in [2.75, 3.05) is 14.2 Å². The number of carboxylic acid groups (broad SMARTS) is 1. The number of imidazole rings is 1. The van der Waals surface area contributed by atoms with Gasteiger partial charge in [0.1, 0.15) is 11.3 Å². The van der Waals surface area contributed by atoms with Gasteiger partial charge in [-0.05, 0) is 29.4 Å². The number of nitrogens with zero attached hydrogens (tertiary/aromatic N) is 2. The van der Waals surface area contributed by atoms with E-state index in [1.54, 1.807) is 14.2 Å². The number of methoxy groups -OCH3 is 2. The molecule has 0 amide bonds. The fourth-order valence-corrected chi connectivity index (χ4v) is 4.11. The van der Waals surface area contributed by atoms with Crippen molar-refractivity contribution in [1.82, 2.24) is 14.4 Å². The van der Waals surface area contributed by atoms with Crippen molar-refractivity contribution in [2.24, 2.45) is 5.41 Å². The SMILES string of the molecule is COc1ccn2c3c(nc2c1OC)-c1[nH]c(=O)c(C(=O)O)cc1[C@H](C(C)(C)C)C3. The first-order chi connectivity index (χ1) is 13.7. The predicted octanol–water partition coefficient (Wildman–Crippen LogP) is 3.09. The van der Waals surface area contributed by atoms with Crippen LogP contribution < -0.4 is 15.0 Å². The largest absolute Gasteiger partial charge is 0.493 e. The maximum atomic E-state index is 12.4. The molecule has 3 aromatic rings. The lowest BCUT2D eigenvalue weighted by Gasteiger charge is -2.35. The van der Waals surface area contributed by atoms with E-state index in [9.17, 15) is 14.7 Å². The summed E-state index contributed by atoms with van der Waals surface area (Å²) >= 11 is 0. The number of carboxylic acids is 1. The van der Waals surface area contributed by atoms with Crippen molar-refractivity contribution in [3.05, 3.63) is 45.5 Å². The number of H-pyrrole nitrogens is 1. The standard InChI is InChI=1S/C21H23N3O5/c1-21(2,3)12-9-13-16(15-10(12)8-11(20(26)27)19(25)23-15)22-18-17(29-5)14(28-4)6-7-24(13)18/h6-8,12H,9H2,1-5H3,(H,23,25)(H,26,27)/t12-/m1/s1. The molecule has 152 valence electrons. The molecule has 4 rings (SSSR count). The van der Waals surface area contributed by atoms with E-state index in [-0.39, 0.29) is 16.9 Å². The van der Waals surface area contributed by atoms with Gasteiger partial charge >= 0.3 is 5.97 Å². The number of aromatic carboxylic acids is 1. The van der Waals surface area contributed by atoms with E-state index in [2.05, 4.69) is 25.8 Å². The van der Waals surface area contributed by atoms with Gasteiger partial charge in [0.15, 0.2) is 11.4 Å². The zero-order chi connectivity index (χ0) is 21.1. The van der Waals surface area contributed by atoms with Crippen LogP contribution in [0.15, 0.2) is 23.1 Å². The highest BCUT2D eigenvalue weighted by molar-refractivity contribution is 5.88. The molecular formula is C21H23N3O5. The van der Waals surface area contributed by atoms with Crippen LogP contribution in [0.4, 0.5) is 0 Å². The molecule has 8 nitrogen and oxygen atoms in total. The van der Waals surface area contributed by atoms with Crippen LogP contribution >= 0.6 is 0 Å². The van der Waals surface area contributed by atoms with Crippen LogP contribution in [0.5, 0.6) is 11.5 Å². The molecule has 0 saturated heterocycles. The molecule has 8 heteroatoms. The van der Waals surface area contributed by atoms with E-state index >= 15 is 0 Å². The van der Waals surface area contributed by atoms with E-state index in [0.717, 1.165) is 11.3 Å². The molecule has 29 heavy (non-hydrogen) atoms. The molecular weight excluding hydrogens is 374 g/mol. The van der Waals surface area contributed by atoms with Gasteiger partial charge in [0, 0.05) is 12.3 Å². The Balaban J connectivity index is 2.08. The van der Waals surface area contributed by atoms with Crippen LogP contribution in [0, 0.1) is 5.41 Å². The molecule has 2 N–H and O–H groups in total. The summed E-state index contributed by atoms with van der Waals surface area (Å²) in [5.74, 6) is -0.186. The monoisotopic (exact) mass is 397 g/mol. The first kappa shape index (κ1) is 19.0. The summed E-state index contributed by atoms with van der Waals surface area (Å²) in [7, 11) is 3.12. The number of fused-ring (bicyclic) bond motifs is 5. The van der Waals surface area contributed by atoms with Crippen LogP contribution in [0.1, 0.15) is 48.3 Å². The van der Waals surface area contributed by atoms with Gasteiger partial charge in [-0.15, -0.1) is 0 Å². The maximum absolute atomic E-state index is 12.4. The van der Waals surface area contributed by atoms with Crippen molar-refractivity contribution in [3.8, 4) is 22.9 Å². The Morgan fingerprint density at radius 3 is 2.62 bits per heavy atom. The normalized spacial score (nSPS) is 15.7. The summed E-state index contributed by atoms with van der Waals surface area (Å²) in [6, 6.07) is 3.31. The van der Waals surface area contributed by atoms with Crippen LogP contribution in [0.3, 0.4) is 0 Å². The number of hydrogen-bond donors (Lipinski definition) is 2. The summed E-state index contributed by atoms with van der Waals surface area (Å²) in [5, 5.41) is 9.42. The minimum absolute atomic E-state index is 0.00653. The third-order valence-corrected chi connectivity index (χ3v) is 5.59. The van der Waals surface area contributed by atoms with Gasteiger partial charge in [-0.2, -0.15) is 0 Å². The van der Waals surface area contributed by atoms with E-state index in [1.807, 2.05) is 16.7 Å². The second-order valence-electron chi connectivity index (χ2n) is 8.29. The Kier molecular flexibility index (Phi) is 4.18. The molecule has 0 unspecified atom stereocenters. The summed E-state index contributed by atoms with van der Waals surface area (Å²) in [6.07, 6.45) is 2.52. The highest BCUT2D eigenvalue weighted by Crippen LogP contribution is 2.47. The lowest BCUT2D eigenvalue weighted by molar-refractivity contribution is 0.0694. The molecule has 0 radical (unpaired) electrons. The van der Waals surface area contributed by atoms with Crippen LogP contribution in [0.25, 0.3) is 17.0 Å². The number of nitrogens with one attached hydrogen (secondary N) is 1. The van der Waals surface area contributed by atoms with Crippen LogP contribution in [-0.4, -0.2) is 39.7 Å². The zero-order valence-electron chi connectivity index (χ0n) is 17.0. The van der Waals surface area contributed by atoms with Gasteiger partial charge in [0.25, 0.3) is 5.56 Å². The Bertz CT molecular complexity index is 1200. The average Bonchev–Trinajstić information content (AvgIpc) is 3.03. The minimum atomic E-state index is -1.24. The molecule has 0 saturated carbocycles. The van der Waals surface area contributed by atoms with Gasteiger partial charge in [0.05, 0.1) is 25.6 Å².